The maximum absolute atomic E-state index is 12.2. The zero-order valence-corrected chi connectivity index (χ0v) is 11.4. The molecule has 3 aliphatic rings. The molecule has 5 heteroatoms. The Hall–Kier alpha value is -1.10. The van der Waals surface area contributed by atoms with Crippen LogP contribution in [-0.4, -0.2) is 49.1 Å². The third-order valence-electron chi connectivity index (χ3n) is 4.67. The smallest absolute Gasteiger partial charge is 0.245 e. The summed E-state index contributed by atoms with van der Waals surface area (Å²) in [7, 11) is 0. The lowest BCUT2D eigenvalue weighted by atomic mass is 10.0. The van der Waals surface area contributed by atoms with Crippen LogP contribution in [0.15, 0.2) is 0 Å². The molecule has 0 radical (unpaired) electrons. The molecule has 2 saturated carbocycles. The molecule has 2 amide bonds. The lowest BCUT2D eigenvalue weighted by Gasteiger charge is -2.29. The molecule has 5 nitrogen and oxygen atoms in total. The first-order valence-corrected chi connectivity index (χ1v) is 7.32. The Morgan fingerprint density at radius 3 is 2.42 bits per heavy atom. The number of carbonyl (C=O) groups excluding carboxylic acids is 2. The minimum atomic E-state index is -0.414. The Kier molecular flexibility index (Phi) is 3.48. The number of hydrogen-bond donors (Lipinski definition) is 1. The largest absolute Gasteiger partial charge is 0.378 e. The number of nitrogens with zero attached hydrogens (tertiary/aromatic N) is 1. The summed E-state index contributed by atoms with van der Waals surface area (Å²) in [5.74, 6) is 1.81. The molecule has 106 valence electrons. The molecule has 3 rings (SSSR count). The van der Waals surface area contributed by atoms with Crippen LogP contribution in [0.25, 0.3) is 0 Å². The SMILES string of the molecule is CC(NC(=O)C1CC2CC2C1)C(=O)N1CCOCC1. The molecule has 0 spiro atoms. The molecule has 19 heavy (non-hydrogen) atoms. The molecule has 3 atom stereocenters. The molecule has 1 saturated heterocycles. The van der Waals surface area contributed by atoms with Crippen molar-refractivity contribution in [3.05, 3.63) is 0 Å². The molecule has 0 aromatic heterocycles. The monoisotopic (exact) mass is 266 g/mol. The summed E-state index contributed by atoms with van der Waals surface area (Å²) in [5.41, 5.74) is 0. The van der Waals surface area contributed by atoms with Gasteiger partial charge in [0.1, 0.15) is 6.04 Å². The zero-order chi connectivity index (χ0) is 13.4. The molecule has 1 aliphatic heterocycles. The van der Waals surface area contributed by atoms with E-state index in [2.05, 4.69) is 5.32 Å². The first kappa shape index (κ1) is 12.9. The predicted octanol–water partition coefficient (Wildman–Crippen LogP) is 0.396. The summed E-state index contributed by atoms with van der Waals surface area (Å²) >= 11 is 0. The van der Waals surface area contributed by atoms with Crippen LogP contribution < -0.4 is 5.32 Å². The minimum absolute atomic E-state index is 0.0137. The third-order valence-corrected chi connectivity index (χ3v) is 4.67. The highest BCUT2D eigenvalue weighted by Gasteiger charge is 2.48. The van der Waals surface area contributed by atoms with Crippen molar-refractivity contribution in [3.63, 3.8) is 0 Å². The standard InChI is InChI=1S/C14H22N2O3/c1-9(14(18)16-2-4-19-5-3-16)15-13(17)12-7-10-6-11(10)8-12/h9-12H,2-8H2,1H3,(H,15,17). The molecule has 3 unspecified atom stereocenters. The highest BCUT2D eigenvalue weighted by atomic mass is 16.5. The van der Waals surface area contributed by atoms with Crippen LogP contribution >= 0.6 is 0 Å². The van der Waals surface area contributed by atoms with Gasteiger partial charge in [0, 0.05) is 19.0 Å². The summed E-state index contributed by atoms with van der Waals surface area (Å²) in [6.07, 6.45) is 3.36. The van der Waals surface area contributed by atoms with Crippen molar-refractivity contribution in [2.75, 3.05) is 26.3 Å². The number of amides is 2. The van der Waals surface area contributed by atoms with Gasteiger partial charge in [-0.3, -0.25) is 9.59 Å². The molecular weight excluding hydrogens is 244 g/mol. The van der Waals surface area contributed by atoms with Crippen molar-refractivity contribution in [2.45, 2.75) is 32.2 Å². The Labute approximate surface area is 113 Å². The van der Waals surface area contributed by atoms with Crippen LogP contribution in [0.4, 0.5) is 0 Å². The number of hydrogen-bond acceptors (Lipinski definition) is 3. The number of rotatable bonds is 3. The molecule has 1 heterocycles. The van der Waals surface area contributed by atoms with E-state index in [0.717, 1.165) is 24.7 Å². The highest BCUT2D eigenvalue weighted by Crippen LogP contribution is 2.54. The van der Waals surface area contributed by atoms with Crippen molar-refractivity contribution >= 4 is 11.8 Å². The van der Waals surface area contributed by atoms with Gasteiger partial charge in [0.25, 0.3) is 0 Å². The summed E-state index contributed by atoms with van der Waals surface area (Å²) in [6.45, 7) is 4.24. The third kappa shape index (κ3) is 2.76. The van der Waals surface area contributed by atoms with Crippen LogP contribution in [0, 0.1) is 17.8 Å². The van der Waals surface area contributed by atoms with E-state index >= 15 is 0 Å². The van der Waals surface area contributed by atoms with Gasteiger partial charge in [0.05, 0.1) is 13.2 Å². The second-order valence-electron chi connectivity index (χ2n) is 6.09. The average Bonchev–Trinajstić information content (AvgIpc) is 3.05. The van der Waals surface area contributed by atoms with Crippen LogP contribution in [0.3, 0.4) is 0 Å². The van der Waals surface area contributed by atoms with Crippen molar-refractivity contribution in [3.8, 4) is 0 Å². The van der Waals surface area contributed by atoms with E-state index in [-0.39, 0.29) is 17.7 Å². The summed E-state index contributed by atoms with van der Waals surface area (Å²) in [5, 5.41) is 2.89. The Balaban J connectivity index is 1.48. The second kappa shape index (κ2) is 5.12. The Morgan fingerprint density at radius 2 is 1.79 bits per heavy atom. The lowest BCUT2D eigenvalue weighted by molar-refractivity contribution is -0.140. The fraction of sp³-hybridized carbons (Fsp3) is 0.857. The maximum Gasteiger partial charge on any atom is 0.245 e. The molecule has 0 aromatic carbocycles. The molecule has 2 aliphatic carbocycles. The number of ether oxygens (including phenoxy) is 1. The first-order valence-electron chi connectivity index (χ1n) is 7.32. The average molecular weight is 266 g/mol. The van der Waals surface area contributed by atoms with Gasteiger partial charge in [-0.05, 0) is 38.0 Å². The number of fused-ring (bicyclic) bond motifs is 1. The van der Waals surface area contributed by atoms with E-state index in [1.54, 1.807) is 11.8 Å². The van der Waals surface area contributed by atoms with E-state index in [0.29, 0.717) is 26.3 Å². The topological polar surface area (TPSA) is 58.6 Å². The molecule has 0 bridgehead atoms. The molecule has 0 aromatic rings. The second-order valence-corrected chi connectivity index (χ2v) is 6.09. The van der Waals surface area contributed by atoms with Crippen molar-refractivity contribution < 1.29 is 14.3 Å². The summed E-state index contributed by atoms with van der Waals surface area (Å²) in [4.78, 5) is 26.1. The van der Waals surface area contributed by atoms with Crippen molar-refractivity contribution in [1.82, 2.24) is 10.2 Å². The van der Waals surface area contributed by atoms with E-state index in [1.807, 2.05) is 0 Å². The van der Waals surface area contributed by atoms with Crippen molar-refractivity contribution in [2.24, 2.45) is 17.8 Å². The molecule has 3 fully saturated rings. The van der Waals surface area contributed by atoms with Gasteiger partial charge in [-0.15, -0.1) is 0 Å². The fourth-order valence-electron chi connectivity index (χ4n) is 3.38. The van der Waals surface area contributed by atoms with Crippen molar-refractivity contribution in [1.29, 1.82) is 0 Å². The van der Waals surface area contributed by atoms with Crippen LogP contribution in [-0.2, 0) is 14.3 Å². The Morgan fingerprint density at radius 1 is 1.16 bits per heavy atom. The predicted molar refractivity (Wildman–Crippen MR) is 69.3 cm³/mol. The van der Waals surface area contributed by atoms with Crippen LogP contribution in [0.5, 0.6) is 0 Å². The minimum Gasteiger partial charge on any atom is -0.378 e. The number of carbonyl (C=O) groups is 2. The van der Waals surface area contributed by atoms with Gasteiger partial charge in [-0.25, -0.2) is 0 Å². The van der Waals surface area contributed by atoms with E-state index in [4.69, 9.17) is 4.74 Å². The fourth-order valence-corrected chi connectivity index (χ4v) is 3.38. The normalized spacial score (nSPS) is 34.6. The van der Waals surface area contributed by atoms with E-state index < -0.39 is 6.04 Å². The van der Waals surface area contributed by atoms with Crippen LogP contribution in [0.1, 0.15) is 26.2 Å². The summed E-state index contributed by atoms with van der Waals surface area (Å²) in [6, 6.07) is -0.414. The first-order chi connectivity index (χ1) is 9.15. The molecular formula is C14H22N2O3. The number of morpholine rings is 1. The number of nitrogens with one attached hydrogen (secondary N) is 1. The van der Waals surface area contributed by atoms with Gasteiger partial charge in [0.2, 0.25) is 11.8 Å². The van der Waals surface area contributed by atoms with Gasteiger partial charge in [-0.1, -0.05) is 0 Å². The van der Waals surface area contributed by atoms with Gasteiger partial charge < -0.3 is 15.0 Å². The summed E-state index contributed by atoms with van der Waals surface area (Å²) < 4.78 is 5.23. The Bertz CT molecular complexity index is 369. The highest BCUT2D eigenvalue weighted by molar-refractivity contribution is 5.88. The van der Waals surface area contributed by atoms with Gasteiger partial charge in [-0.2, -0.15) is 0 Å². The van der Waals surface area contributed by atoms with Crippen LogP contribution in [0.2, 0.25) is 0 Å². The molecule has 1 N–H and O–H groups in total. The maximum atomic E-state index is 12.2. The van der Waals surface area contributed by atoms with E-state index in [1.165, 1.54) is 6.42 Å². The lowest BCUT2D eigenvalue weighted by Crippen LogP contribution is -2.51. The zero-order valence-electron chi connectivity index (χ0n) is 11.4. The quantitative estimate of drug-likeness (QED) is 0.804. The van der Waals surface area contributed by atoms with Gasteiger partial charge in [0.15, 0.2) is 0 Å². The van der Waals surface area contributed by atoms with Gasteiger partial charge >= 0.3 is 0 Å². The van der Waals surface area contributed by atoms with E-state index in [9.17, 15) is 9.59 Å².